The van der Waals surface area contributed by atoms with Gasteiger partial charge in [-0.3, -0.25) is 4.79 Å². The van der Waals surface area contributed by atoms with Crippen molar-refractivity contribution in [3.8, 4) is 5.75 Å². The van der Waals surface area contributed by atoms with Crippen molar-refractivity contribution in [2.75, 3.05) is 7.11 Å². The van der Waals surface area contributed by atoms with Crippen LogP contribution in [0.4, 0.5) is 0 Å². The van der Waals surface area contributed by atoms with Crippen molar-refractivity contribution in [2.24, 2.45) is 11.7 Å². The smallest absolute Gasteiger partial charge is 0.240 e. The number of nitrogens with two attached hydrogens (primary N) is 1. The Bertz CT molecular complexity index is 503. The van der Waals surface area contributed by atoms with Gasteiger partial charge in [0.05, 0.1) is 18.7 Å². The van der Waals surface area contributed by atoms with E-state index in [1.807, 2.05) is 31.2 Å². The van der Waals surface area contributed by atoms with E-state index in [-0.39, 0.29) is 11.9 Å². The van der Waals surface area contributed by atoms with Crippen molar-refractivity contribution in [3.63, 3.8) is 0 Å². The van der Waals surface area contributed by atoms with Crippen LogP contribution in [-0.2, 0) is 4.79 Å². The Kier molecular flexibility index (Phi) is 4.88. The highest BCUT2D eigenvalue weighted by atomic mass is 16.5. The molecular weight excluding hydrogens is 264 g/mol. The molecule has 0 aliphatic heterocycles. The van der Waals surface area contributed by atoms with E-state index in [1.54, 1.807) is 7.11 Å². The van der Waals surface area contributed by atoms with Gasteiger partial charge >= 0.3 is 0 Å². The second-order valence-corrected chi connectivity index (χ2v) is 6.33. The number of benzene rings is 1. The van der Waals surface area contributed by atoms with E-state index < -0.39 is 5.54 Å². The average molecular weight is 290 g/mol. The number of nitrogens with one attached hydrogen (secondary N) is 1. The Morgan fingerprint density at radius 1 is 1.52 bits per heavy atom. The lowest BCUT2D eigenvalue weighted by Gasteiger charge is -2.36. The summed E-state index contributed by atoms with van der Waals surface area (Å²) in [5.74, 6) is 1.27. The van der Waals surface area contributed by atoms with Crippen LogP contribution >= 0.6 is 0 Å². The van der Waals surface area contributed by atoms with Crippen molar-refractivity contribution in [1.82, 2.24) is 5.32 Å². The molecule has 1 aliphatic carbocycles. The molecule has 1 amide bonds. The first-order chi connectivity index (χ1) is 9.94. The maximum Gasteiger partial charge on any atom is 0.240 e. The zero-order valence-corrected chi connectivity index (χ0v) is 13.2. The highest BCUT2D eigenvalue weighted by Gasteiger charge is 2.38. The van der Waals surface area contributed by atoms with Crippen molar-refractivity contribution in [3.05, 3.63) is 29.8 Å². The molecule has 0 aromatic heterocycles. The molecule has 2 rings (SSSR count). The minimum Gasteiger partial charge on any atom is -0.497 e. The van der Waals surface area contributed by atoms with Crippen LogP contribution in [0, 0.1) is 5.92 Å². The highest BCUT2D eigenvalue weighted by Crippen LogP contribution is 2.31. The van der Waals surface area contributed by atoms with Crippen molar-refractivity contribution < 1.29 is 9.53 Å². The quantitative estimate of drug-likeness (QED) is 0.896. The third-order valence-electron chi connectivity index (χ3n) is 4.43. The van der Waals surface area contributed by atoms with Gasteiger partial charge < -0.3 is 15.8 Å². The van der Waals surface area contributed by atoms with E-state index in [1.165, 1.54) is 0 Å². The summed E-state index contributed by atoms with van der Waals surface area (Å²) in [4.78, 5) is 12.5. The standard InChI is InChI=1S/C17H26N2O2/c1-12-6-5-9-17(18,11-12)16(20)19-13(2)14-7-4-8-15(10-14)21-3/h4,7-8,10,12-13H,5-6,9,11,18H2,1-3H3,(H,19,20)/t12?,13-,17?/m0/s1. The summed E-state index contributed by atoms with van der Waals surface area (Å²) in [5.41, 5.74) is 6.64. The predicted molar refractivity (Wildman–Crippen MR) is 84.1 cm³/mol. The van der Waals surface area contributed by atoms with Gasteiger partial charge in [0.25, 0.3) is 0 Å². The number of methoxy groups -OCH3 is 1. The molecule has 2 unspecified atom stereocenters. The molecular formula is C17H26N2O2. The van der Waals surface area contributed by atoms with Gasteiger partial charge in [0.2, 0.25) is 5.91 Å². The van der Waals surface area contributed by atoms with Crippen molar-refractivity contribution in [1.29, 1.82) is 0 Å². The number of carbonyl (C=O) groups excluding carboxylic acids is 1. The highest BCUT2D eigenvalue weighted by molar-refractivity contribution is 5.86. The number of hydrogen-bond acceptors (Lipinski definition) is 3. The second-order valence-electron chi connectivity index (χ2n) is 6.33. The Morgan fingerprint density at radius 2 is 2.29 bits per heavy atom. The van der Waals surface area contributed by atoms with Gasteiger partial charge in [0.15, 0.2) is 0 Å². The summed E-state index contributed by atoms with van der Waals surface area (Å²) in [7, 11) is 1.64. The van der Waals surface area contributed by atoms with E-state index in [2.05, 4.69) is 12.2 Å². The second kappa shape index (κ2) is 6.48. The largest absolute Gasteiger partial charge is 0.497 e. The van der Waals surface area contributed by atoms with Crippen LogP contribution in [0.1, 0.15) is 51.1 Å². The molecule has 1 aromatic rings. The average Bonchev–Trinajstić information content (AvgIpc) is 2.47. The lowest BCUT2D eigenvalue weighted by Crippen LogP contribution is -2.56. The fraction of sp³-hybridized carbons (Fsp3) is 0.588. The van der Waals surface area contributed by atoms with E-state index in [0.29, 0.717) is 5.92 Å². The Labute approximate surface area is 127 Å². The number of amides is 1. The molecule has 0 saturated heterocycles. The number of hydrogen-bond donors (Lipinski definition) is 2. The maximum absolute atomic E-state index is 12.5. The summed E-state index contributed by atoms with van der Waals surface area (Å²) in [5, 5.41) is 3.06. The molecule has 1 aliphatic rings. The maximum atomic E-state index is 12.5. The van der Waals surface area contributed by atoms with Gasteiger partial charge in [-0.1, -0.05) is 31.9 Å². The molecule has 0 heterocycles. The summed E-state index contributed by atoms with van der Waals surface area (Å²) < 4.78 is 5.22. The zero-order chi connectivity index (χ0) is 15.5. The topological polar surface area (TPSA) is 64.3 Å². The molecule has 0 bridgehead atoms. The van der Waals surface area contributed by atoms with E-state index in [0.717, 1.165) is 37.0 Å². The summed E-state index contributed by atoms with van der Waals surface area (Å²) in [6.45, 7) is 4.14. The summed E-state index contributed by atoms with van der Waals surface area (Å²) >= 11 is 0. The Hall–Kier alpha value is -1.55. The molecule has 0 radical (unpaired) electrons. The normalized spacial score (nSPS) is 27.0. The van der Waals surface area contributed by atoms with Crippen molar-refractivity contribution in [2.45, 2.75) is 51.1 Å². The van der Waals surface area contributed by atoms with E-state index in [9.17, 15) is 4.79 Å². The molecule has 3 atom stereocenters. The molecule has 116 valence electrons. The Balaban J connectivity index is 2.04. The van der Waals surface area contributed by atoms with E-state index >= 15 is 0 Å². The van der Waals surface area contributed by atoms with Gasteiger partial charge in [0.1, 0.15) is 5.75 Å². The molecule has 1 aromatic carbocycles. The fourth-order valence-electron chi connectivity index (χ4n) is 3.13. The fourth-order valence-corrected chi connectivity index (χ4v) is 3.13. The van der Waals surface area contributed by atoms with Gasteiger partial charge in [0, 0.05) is 0 Å². The molecule has 21 heavy (non-hydrogen) atoms. The molecule has 3 N–H and O–H groups in total. The minimum absolute atomic E-state index is 0.0376. The first-order valence-electron chi connectivity index (χ1n) is 7.68. The first-order valence-corrected chi connectivity index (χ1v) is 7.68. The Morgan fingerprint density at radius 3 is 2.95 bits per heavy atom. The van der Waals surface area contributed by atoms with Crippen LogP contribution in [0.25, 0.3) is 0 Å². The van der Waals surface area contributed by atoms with Crippen LogP contribution in [0.3, 0.4) is 0 Å². The molecule has 1 fully saturated rings. The minimum atomic E-state index is -0.717. The lowest BCUT2D eigenvalue weighted by atomic mass is 9.76. The van der Waals surface area contributed by atoms with Crippen LogP contribution < -0.4 is 15.8 Å². The van der Waals surface area contributed by atoms with Gasteiger partial charge in [-0.25, -0.2) is 0 Å². The number of rotatable bonds is 4. The number of ether oxygens (including phenoxy) is 1. The summed E-state index contributed by atoms with van der Waals surface area (Å²) in [6.07, 6.45) is 3.73. The molecule has 4 heteroatoms. The van der Waals surface area contributed by atoms with Gasteiger partial charge in [-0.2, -0.15) is 0 Å². The van der Waals surface area contributed by atoms with Crippen LogP contribution in [0.5, 0.6) is 5.75 Å². The van der Waals surface area contributed by atoms with E-state index in [4.69, 9.17) is 10.5 Å². The molecule has 0 spiro atoms. The zero-order valence-electron chi connectivity index (χ0n) is 13.2. The van der Waals surface area contributed by atoms with Crippen molar-refractivity contribution >= 4 is 5.91 Å². The third kappa shape index (κ3) is 3.76. The lowest BCUT2D eigenvalue weighted by molar-refractivity contribution is -0.128. The SMILES string of the molecule is COc1cccc([C@H](C)NC(=O)C2(N)CCCC(C)C2)c1. The van der Waals surface area contributed by atoms with Crippen LogP contribution in [-0.4, -0.2) is 18.6 Å². The monoisotopic (exact) mass is 290 g/mol. The first kappa shape index (κ1) is 15.8. The number of carbonyl (C=O) groups is 1. The van der Waals surface area contributed by atoms with Gasteiger partial charge in [-0.15, -0.1) is 0 Å². The molecule has 1 saturated carbocycles. The van der Waals surface area contributed by atoms with Crippen LogP contribution in [0.2, 0.25) is 0 Å². The molecule has 4 nitrogen and oxygen atoms in total. The van der Waals surface area contributed by atoms with Gasteiger partial charge in [-0.05, 0) is 43.4 Å². The third-order valence-corrected chi connectivity index (χ3v) is 4.43. The predicted octanol–water partition coefficient (Wildman–Crippen LogP) is 2.78. The summed E-state index contributed by atoms with van der Waals surface area (Å²) in [6, 6.07) is 7.67. The van der Waals surface area contributed by atoms with Crippen LogP contribution in [0.15, 0.2) is 24.3 Å².